The normalized spacial score (nSPS) is 19.3. The van der Waals surface area contributed by atoms with E-state index in [4.69, 9.17) is 0 Å². The fraction of sp³-hybridized carbons (Fsp3) is 0.500. The van der Waals surface area contributed by atoms with E-state index in [0.29, 0.717) is 0 Å². The number of nitrogens with zero attached hydrogens (tertiary/aromatic N) is 2. The molecule has 90 valence electrons. The molecule has 0 fully saturated rings. The van der Waals surface area contributed by atoms with E-state index in [0.717, 1.165) is 42.3 Å². The summed E-state index contributed by atoms with van der Waals surface area (Å²) in [6.45, 7) is 5.15. The van der Waals surface area contributed by atoms with Crippen LogP contribution in [-0.2, 0) is 12.8 Å². The highest BCUT2D eigenvalue weighted by atomic mass is 15.1. The number of aromatic nitrogens is 4. The van der Waals surface area contributed by atoms with E-state index >= 15 is 0 Å². The van der Waals surface area contributed by atoms with Crippen molar-refractivity contribution in [1.29, 1.82) is 0 Å². The van der Waals surface area contributed by atoms with E-state index in [1.807, 2.05) is 0 Å². The summed E-state index contributed by atoms with van der Waals surface area (Å²) in [5.41, 5.74) is 4.54. The van der Waals surface area contributed by atoms with Crippen LogP contribution in [0.1, 0.15) is 41.6 Å². The van der Waals surface area contributed by atoms with Gasteiger partial charge in [-0.05, 0) is 6.92 Å². The molecule has 2 aromatic rings. The lowest BCUT2D eigenvalue weighted by Gasteiger charge is -2.22. The predicted octanol–water partition coefficient (Wildman–Crippen LogP) is 1.24. The summed E-state index contributed by atoms with van der Waals surface area (Å²) in [5, 5.41) is 3.49. The minimum Gasteiger partial charge on any atom is -0.348 e. The van der Waals surface area contributed by atoms with Gasteiger partial charge in [-0.3, -0.25) is 0 Å². The topological polar surface area (TPSA) is 69.4 Å². The second kappa shape index (κ2) is 4.00. The number of rotatable bonds is 2. The Bertz CT molecular complexity index is 525. The molecule has 0 saturated heterocycles. The first-order valence-corrected chi connectivity index (χ1v) is 6.10. The first-order chi connectivity index (χ1) is 8.29. The largest absolute Gasteiger partial charge is 0.348 e. The third-order valence-corrected chi connectivity index (χ3v) is 3.33. The number of hydrogen-bond donors (Lipinski definition) is 3. The van der Waals surface area contributed by atoms with E-state index in [2.05, 4.69) is 39.1 Å². The van der Waals surface area contributed by atoms with Crippen molar-refractivity contribution in [2.75, 3.05) is 6.54 Å². The zero-order valence-electron chi connectivity index (χ0n) is 10.2. The highest BCUT2D eigenvalue weighted by Gasteiger charge is 2.27. The van der Waals surface area contributed by atoms with Crippen molar-refractivity contribution in [3.05, 3.63) is 34.9 Å². The van der Waals surface area contributed by atoms with Crippen molar-refractivity contribution < 1.29 is 0 Å². The van der Waals surface area contributed by atoms with Gasteiger partial charge in [0, 0.05) is 30.8 Å². The Kier molecular flexibility index (Phi) is 2.48. The molecule has 0 aromatic carbocycles. The van der Waals surface area contributed by atoms with Crippen LogP contribution in [0.3, 0.4) is 0 Å². The number of hydrogen-bond acceptors (Lipinski definition) is 3. The highest BCUT2D eigenvalue weighted by Crippen LogP contribution is 2.26. The third kappa shape index (κ3) is 1.67. The molecule has 0 spiro atoms. The van der Waals surface area contributed by atoms with E-state index in [1.165, 1.54) is 5.69 Å². The van der Waals surface area contributed by atoms with Crippen LogP contribution in [0.2, 0.25) is 0 Å². The Morgan fingerprint density at radius 1 is 1.41 bits per heavy atom. The van der Waals surface area contributed by atoms with Gasteiger partial charge in [-0.25, -0.2) is 9.97 Å². The summed E-state index contributed by atoms with van der Waals surface area (Å²) in [4.78, 5) is 15.6. The lowest BCUT2D eigenvalue weighted by Crippen LogP contribution is -2.31. The van der Waals surface area contributed by atoms with Crippen molar-refractivity contribution in [1.82, 2.24) is 25.3 Å². The quantitative estimate of drug-likeness (QED) is 0.728. The van der Waals surface area contributed by atoms with Gasteiger partial charge in [-0.2, -0.15) is 0 Å². The summed E-state index contributed by atoms with van der Waals surface area (Å²) in [5.74, 6) is 1.04. The predicted molar refractivity (Wildman–Crippen MR) is 64.8 cm³/mol. The SMILES string of the molecule is CCc1nc([C@@H]2NCCc3[nH]cnc32)c(C)[nH]1. The van der Waals surface area contributed by atoms with E-state index in [-0.39, 0.29) is 6.04 Å². The lowest BCUT2D eigenvalue weighted by molar-refractivity contribution is 0.542. The summed E-state index contributed by atoms with van der Waals surface area (Å²) < 4.78 is 0. The van der Waals surface area contributed by atoms with Gasteiger partial charge < -0.3 is 15.3 Å². The number of nitrogens with one attached hydrogen (secondary N) is 3. The van der Waals surface area contributed by atoms with Gasteiger partial charge in [0.1, 0.15) is 5.82 Å². The maximum absolute atomic E-state index is 4.66. The van der Waals surface area contributed by atoms with E-state index in [1.54, 1.807) is 6.33 Å². The lowest BCUT2D eigenvalue weighted by atomic mass is 10.0. The second-order valence-electron chi connectivity index (χ2n) is 4.45. The second-order valence-corrected chi connectivity index (χ2v) is 4.45. The fourth-order valence-corrected chi connectivity index (χ4v) is 2.43. The van der Waals surface area contributed by atoms with Crippen molar-refractivity contribution in [2.45, 2.75) is 32.7 Å². The summed E-state index contributed by atoms with van der Waals surface area (Å²) in [6, 6.07) is 0.126. The van der Waals surface area contributed by atoms with Crippen LogP contribution in [-0.4, -0.2) is 26.5 Å². The average molecular weight is 231 g/mol. The van der Waals surface area contributed by atoms with Gasteiger partial charge >= 0.3 is 0 Å². The van der Waals surface area contributed by atoms with Gasteiger partial charge in [-0.1, -0.05) is 6.92 Å². The molecule has 5 heteroatoms. The van der Waals surface area contributed by atoms with E-state index < -0.39 is 0 Å². The minimum atomic E-state index is 0.126. The van der Waals surface area contributed by atoms with Crippen LogP contribution < -0.4 is 5.32 Å². The monoisotopic (exact) mass is 231 g/mol. The molecule has 1 aliphatic rings. The third-order valence-electron chi connectivity index (χ3n) is 3.33. The first kappa shape index (κ1) is 10.5. The number of aryl methyl sites for hydroxylation is 2. The maximum atomic E-state index is 4.66. The van der Waals surface area contributed by atoms with Gasteiger partial charge in [0.15, 0.2) is 0 Å². The Labute approximate surface area is 100 Å². The summed E-state index contributed by atoms with van der Waals surface area (Å²) in [6.07, 6.45) is 3.71. The molecule has 3 heterocycles. The molecule has 17 heavy (non-hydrogen) atoms. The van der Waals surface area contributed by atoms with Crippen LogP contribution in [0.25, 0.3) is 0 Å². The Hall–Kier alpha value is -1.62. The van der Waals surface area contributed by atoms with Crippen molar-refractivity contribution in [3.63, 3.8) is 0 Å². The standard InChI is InChI=1S/C12H17N5/c1-3-9-16-7(2)10(17-9)12-11-8(4-5-13-12)14-6-15-11/h6,12-13H,3-5H2,1-2H3,(H,14,15)(H,16,17)/t12-/m0/s1. The molecule has 1 atom stereocenters. The van der Waals surface area contributed by atoms with Crippen LogP contribution in [0.5, 0.6) is 0 Å². The van der Waals surface area contributed by atoms with Gasteiger partial charge in [0.25, 0.3) is 0 Å². The van der Waals surface area contributed by atoms with Crippen molar-refractivity contribution >= 4 is 0 Å². The van der Waals surface area contributed by atoms with Crippen LogP contribution in [0.4, 0.5) is 0 Å². The first-order valence-electron chi connectivity index (χ1n) is 6.10. The Morgan fingerprint density at radius 3 is 3.06 bits per heavy atom. The molecule has 0 unspecified atom stereocenters. The van der Waals surface area contributed by atoms with Gasteiger partial charge in [0.2, 0.25) is 0 Å². The summed E-state index contributed by atoms with van der Waals surface area (Å²) in [7, 11) is 0. The Balaban J connectivity index is 2.03. The van der Waals surface area contributed by atoms with Crippen molar-refractivity contribution in [3.8, 4) is 0 Å². The average Bonchev–Trinajstić information content (AvgIpc) is 2.94. The maximum Gasteiger partial charge on any atom is 0.106 e. The number of aromatic amines is 2. The van der Waals surface area contributed by atoms with Gasteiger partial charge in [-0.15, -0.1) is 0 Å². The molecular weight excluding hydrogens is 214 g/mol. The highest BCUT2D eigenvalue weighted by molar-refractivity contribution is 5.31. The molecule has 5 nitrogen and oxygen atoms in total. The van der Waals surface area contributed by atoms with Crippen molar-refractivity contribution in [2.24, 2.45) is 0 Å². The molecule has 0 amide bonds. The zero-order chi connectivity index (χ0) is 11.8. The fourth-order valence-electron chi connectivity index (χ4n) is 2.43. The number of fused-ring (bicyclic) bond motifs is 1. The molecule has 1 aliphatic heterocycles. The minimum absolute atomic E-state index is 0.126. The Morgan fingerprint density at radius 2 is 2.29 bits per heavy atom. The molecule has 3 rings (SSSR count). The number of imidazole rings is 2. The molecule has 0 aliphatic carbocycles. The van der Waals surface area contributed by atoms with Crippen LogP contribution in [0, 0.1) is 6.92 Å². The molecule has 0 saturated carbocycles. The van der Waals surface area contributed by atoms with E-state index in [9.17, 15) is 0 Å². The zero-order valence-corrected chi connectivity index (χ0v) is 10.2. The van der Waals surface area contributed by atoms with Crippen LogP contribution in [0.15, 0.2) is 6.33 Å². The smallest absolute Gasteiger partial charge is 0.106 e. The van der Waals surface area contributed by atoms with Gasteiger partial charge in [0.05, 0.1) is 23.8 Å². The molecule has 0 radical (unpaired) electrons. The van der Waals surface area contributed by atoms with Crippen LogP contribution >= 0.6 is 0 Å². The molecule has 2 aromatic heterocycles. The molecule has 0 bridgehead atoms. The number of H-pyrrole nitrogens is 2. The molecule has 3 N–H and O–H groups in total. The molecular formula is C12H17N5. The summed E-state index contributed by atoms with van der Waals surface area (Å²) >= 11 is 0.